The smallest absolute Gasteiger partial charge is 0.352 e. The number of rotatable bonds is 3. The fourth-order valence-corrected chi connectivity index (χ4v) is 2.24. The van der Waals surface area contributed by atoms with E-state index in [1.54, 1.807) is 13.0 Å². The highest BCUT2D eigenvalue weighted by molar-refractivity contribution is 14.1. The number of carboxylic acids is 2. The first kappa shape index (κ1) is 13.0. The fraction of sp³-hybridized carbons (Fsp3) is 0.400. The van der Waals surface area contributed by atoms with Gasteiger partial charge in [-0.15, -0.1) is 0 Å². The van der Waals surface area contributed by atoms with E-state index in [9.17, 15) is 9.59 Å². The molecule has 0 fully saturated rings. The molecule has 88 valence electrons. The molecule has 0 aromatic heterocycles. The Balaban J connectivity index is 3.28. The van der Waals surface area contributed by atoms with Crippen LogP contribution in [0.25, 0.3) is 0 Å². The van der Waals surface area contributed by atoms with Gasteiger partial charge in [0.1, 0.15) is 11.4 Å². The van der Waals surface area contributed by atoms with Crippen molar-refractivity contribution in [3.05, 3.63) is 23.0 Å². The normalized spacial score (nSPS) is 24.8. The molecule has 0 aliphatic carbocycles. The van der Waals surface area contributed by atoms with Crippen LogP contribution < -0.4 is 5.32 Å². The minimum absolute atomic E-state index is 0.0425. The first-order valence-electron chi connectivity index (χ1n) is 4.55. The SMILES string of the molecule is CC1=C(C(=O)O)NC(C(=O)O)=CC1(C)CI. The van der Waals surface area contributed by atoms with Crippen LogP contribution in [0.15, 0.2) is 23.0 Å². The van der Waals surface area contributed by atoms with Crippen molar-refractivity contribution in [1.82, 2.24) is 5.32 Å². The Kier molecular flexibility index (Phi) is 3.61. The molecule has 0 aromatic rings. The standard InChI is InChI=1S/C10H12INO4/c1-5-7(9(15)16)12-6(8(13)14)3-10(5,2)4-11/h3,12H,4H2,1-2H3,(H,13,14)(H,15,16). The number of allylic oxidation sites excluding steroid dienone is 2. The van der Waals surface area contributed by atoms with E-state index < -0.39 is 17.4 Å². The van der Waals surface area contributed by atoms with Crippen LogP contribution in [0, 0.1) is 5.41 Å². The summed E-state index contributed by atoms with van der Waals surface area (Å²) in [5.41, 5.74) is -0.0200. The maximum Gasteiger partial charge on any atom is 0.352 e. The van der Waals surface area contributed by atoms with Crippen molar-refractivity contribution in [1.29, 1.82) is 0 Å². The maximum absolute atomic E-state index is 11.0. The van der Waals surface area contributed by atoms with Crippen LogP contribution >= 0.6 is 22.6 Å². The zero-order valence-corrected chi connectivity index (χ0v) is 11.0. The van der Waals surface area contributed by atoms with Crippen molar-refractivity contribution in [2.24, 2.45) is 5.41 Å². The molecule has 1 unspecified atom stereocenters. The van der Waals surface area contributed by atoms with E-state index in [1.165, 1.54) is 0 Å². The van der Waals surface area contributed by atoms with E-state index in [0.29, 0.717) is 10.0 Å². The molecule has 1 heterocycles. The lowest BCUT2D eigenvalue weighted by atomic mass is 9.81. The molecule has 0 bridgehead atoms. The first-order chi connectivity index (χ1) is 7.31. The lowest BCUT2D eigenvalue weighted by Gasteiger charge is -2.31. The summed E-state index contributed by atoms with van der Waals surface area (Å²) in [5.74, 6) is -2.29. The minimum atomic E-state index is -1.15. The van der Waals surface area contributed by atoms with Crippen LogP contribution in [0.3, 0.4) is 0 Å². The Morgan fingerprint density at radius 1 is 1.44 bits per heavy atom. The number of hydrogen-bond donors (Lipinski definition) is 3. The second-order valence-corrected chi connectivity index (χ2v) is 4.61. The summed E-state index contributed by atoms with van der Waals surface area (Å²) in [6.07, 6.45) is 1.56. The van der Waals surface area contributed by atoms with E-state index in [0.717, 1.165) is 0 Å². The van der Waals surface area contributed by atoms with E-state index in [4.69, 9.17) is 10.2 Å². The molecule has 0 saturated heterocycles. The predicted octanol–water partition coefficient (Wildman–Crippen LogP) is 1.36. The summed E-state index contributed by atoms with van der Waals surface area (Å²) in [6.45, 7) is 3.52. The Hall–Kier alpha value is -1.05. The molecule has 3 N–H and O–H groups in total. The van der Waals surface area contributed by atoms with Gasteiger partial charge in [-0.1, -0.05) is 29.5 Å². The van der Waals surface area contributed by atoms with Crippen LogP contribution in [0.4, 0.5) is 0 Å². The molecule has 0 saturated carbocycles. The van der Waals surface area contributed by atoms with Gasteiger partial charge in [-0.05, 0) is 18.6 Å². The van der Waals surface area contributed by atoms with Crippen molar-refractivity contribution in [2.45, 2.75) is 13.8 Å². The quantitative estimate of drug-likeness (QED) is 0.535. The number of carboxylic acid groups (broad SMARTS) is 2. The molecule has 1 rings (SSSR count). The molecule has 0 spiro atoms. The number of carbonyl (C=O) groups is 2. The third kappa shape index (κ3) is 2.21. The van der Waals surface area contributed by atoms with Gasteiger partial charge < -0.3 is 15.5 Å². The molecule has 0 aromatic carbocycles. The minimum Gasteiger partial charge on any atom is -0.477 e. The molecular weight excluding hydrogens is 325 g/mol. The van der Waals surface area contributed by atoms with Crippen LogP contribution in [-0.2, 0) is 9.59 Å². The molecule has 0 amide bonds. The largest absolute Gasteiger partial charge is 0.477 e. The molecule has 16 heavy (non-hydrogen) atoms. The fourth-order valence-electron chi connectivity index (χ4n) is 1.44. The van der Waals surface area contributed by atoms with Crippen molar-refractivity contribution >= 4 is 34.5 Å². The van der Waals surface area contributed by atoms with Gasteiger partial charge in [-0.3, -0.25) is 0 Å². The Labute approximate surface area is 106 Å². The number of hydrogen-bond acceptors (Lipinski definition) is 3. The second kappa shape index (κ2) is 4.44. The van der Waals surface area contributed by atoms with Gasteiger partial charge in [0.25, 0.3) is 0 Å². The third-order valence-corrected chi connectivity index (χ3v) is 4.26. The van der Waals surface area contributed by atoms with Gasteiger partial charge >= 0.3 is 11.9 Å². The Morgan fingerprint density at radius 2 is 2.00 bits per heavy atom. The van der Waals surface area contributed by atoms with Crippen molar-refractivity contribution in [3.63, 3.8) is 0 Å². The lowest BCUT2D eigenvalue weighted by molar-refractivity contribution is -0.133. The highest BCUT2D eigenvalue weighted by atomic mass is 127. The van der Waals surface area contributed by atoms with Gasteiger partial charge in [0, 0.05) is 9.84 Å². The highest BCUT2D eigenvalue weighted by Crippen LogP contribution is 2.36. The average Bonchev–Trinajstić information content (AvgIpc) is 2.21. The summed E-state index contributed by atoms with van der Waals surface area (Å²) in [6, 6.07) is 0. The molecule has 5 nitrogen and oxygen atoms in total. The summed E-state index contributed by atoms with van der Waals surface area (Å²) >= 11 is 2.11. The Bertz CT molecular complexity index is 413. The molecular formula is C10H12INO4. The number of halogens is 1. The summed E-state index contributed by atoms with van der Waals surface area (Å²) in [5, 5.41) is 20.3. The topological polar surface area (TPSA) is 86.6 Å². The van der Waals surface area contributed by atoms with Gasteiger partial charge in [0.15, 0.2) is 0 Å². The maximum atomic E-state index is 11.0. The molecule has 6 heteroatoms. The summed E-state index contributed by atoms with van der Waals surface area (Å²) in [7, 11) is 0. The second-order valence-electron chi connectivity index (χ2n) is 3.84. The van der Waals surface area contributed by atoms with E-state index in [-0.39, 0.29) is 11.4 Å². The van der Waals surface area contributed by atoms with Gasteiger partial charge in [0.05, 0.1) is 0 Å². The lowest BCUT2D eigenvalue weighted by Crippen LogP contribution is -2.36. The van der Waals surface area contributed by atoms with Gasteiger partial charge in [-0.2, -0.15) is 0 Å². The van der Waals surface area contributed by atoms with Crippen LogP contribution in [-0.4, -0.2) is 26.6 Å². The van der Waals surface area contributed by atoms with Crippen LogP contribution in [0.2, 0.25) is 0 Å². The van der Waals surface area contributed by atoms with Gasteiger partial charge in [0.2, 0.25) is 0 Å². The van der Waals surface area contributed by atoms with Crippen molar-refractivity contribution < 1.29 is 19.8 Å². The summed E-state index contributed by atoms with van der Waals surface area (Å²) < 4.78 is 0.617. The predicted molar refractivity (Wildman–Crippen MR) is 66.2 cm³/mol. The van der Waals surface area contributed by atoms with Crippen molar-refractivity contribution in [3.8, 4) is 0 Å². The third-order valence-electron chi connectivity index (χ3n) is 2.68. The highest BCUT2D eigenvalue weighted by Gasteiger charge is 2.34. The Morgan fingerprint density at radius 3 is 2.38 bits per heavy atom. The van der Waals surface area contributed by atoms with E-state index in [2.05, 4.69) is 27.9 Å². The molecule has 1 atom stereocenters. The number of aliphatic carboxylic acids is 2. The van der Waals surface area contributed by atoms with Crippen molar-refractivity contribution in [2.75, 3.05) is 4.43 Å². The van der Waals surface area contributed by atoms with Crippen LogP contribution in [0.1, 0.15) is 13.8 Å². The average molecular weight is 337 g/mol. The summed E-state index contributed by atoms with van der Waals surface area (Å²) in [4.78, 5) is 21.9. The van der Waals surface area contributed by atoms with Gasteiger partial charge in [-0.25, -0.2) is 9.59 Å². The zero-order chi connectivity index (χ0) is 12.5. The van der Waals surface area contributed by atoms with E-state index >= 15 is 0 Å². The first-order valence-corrected chi connectivity index (χ1v) is 6.08. The molecule has 1 aliphatic rings. The van der Waals surface area contributed by atoms with E-state index in [1.807, 2.05) is 6.92 Å². The number of alkyl halides is 1. The molecule has 1 aliphatic heterocycles. The number of dihydropyridines is 1. The van der Waals surface area contributed by atoms with Crippen LogP contribution in [0.5, 0.6) is 0 Å². The zero-order valence-electron chi connectivity index (χ0n) is 8.87. The number of nitrogens with one attached hydrogen (secondary N) is 1. The molecule has 0 radical (unpaired) electrons. The monoisotopic (exact) mass is 337 g/mol.